The zero-order chi connectivity index (χ0) is 14.9. The summed E-state index contributed by atoms with van der Waals surface area (Å²) in [5.41, 5.74) is 2.11. The summed E-state index contributed by atoms with van der Waals surface area (Å²) < 4.78 is 17.4. The molecular formula is C16H26N2O3. The van der Waals surface area contributed by atoms with Crippen molar-refractivity contribution in [3.63, 3.8) is 0 Å². The van der Waals surface area contributed by atoms with Crippen LogP contribution in [0, 0.1) is 19.8 Å². The molecule has 2 fully saturated rings. The standard InChI is InChI=1S/C16H26N2O3/c1-11-4-6-16(7-5-11)19-10-14(20-16)8-17-9-15-12(2)18-21-13(15)3/h11,14,17H,4-10H2,1-3H3. The Labute approximate surface area is 126 Å². The van der Waals surface area contributed by atoms with Crippen LogP contribution >= 0.6 is 0 Å². The smallest absolute Gasteiger partial charge is 0.168 e. The van der Waals surface area contributed by atoms with Crippen molar-refractivity contribution in [2.75, 3.05) is 13.2 Å². The van der Waals surface area contributed by atoms with Crippen molar-refractivity contribution in [1.82, 2.24) is 10.5 Å². The highest BCUT2D eigenvalue weighted by Gasteiger charge is 2.43. The minimum atomic E-state index is -0.290. The first-order chi connectivity index (χ1) is 10.1. The van der Waals surface area contributed by atoms with Crippen molar-refractivity contribution in [3.8, 4) is 0 Å². The average molecular weight is 294 g/mol. The Bertz CT molecular complexity index is 458. The molecule has 0 aromatic carbocycles. The predicted molar refractivity (Wildman–Crippen MR) is 78.9 cm³/mol. The van der Waals surface area contributed by atoms with Crippen LogP contribution in [0.1, 0.15) is 49.6 Å². The van der Waals surface area contributed by atoms with Crippen LogP contribution in [-0.2, 0) is 16.0 Å². The molecular weight excluding hydrogens is 268 g/mol. The lowest BCUT2D eigenvalue weighted by Crippen LogP contribution is -2.37. The fraction of sp³-hybridized carbons (Fsp3) is 0.812. The molecule has 3 rings (SSSR count). The molecule has 1 N–H and O–H groups in total. The van der Waals surface area contributed by atoms with E-state index in [9.17, 15) is 0 Å². The molecule has 5 nitrogen and oxygen atoms in total. The second kappa shape index (κ2) is 6.07. The maximum Gasteiger partial charge on any atom is 0.168 e. The summed E-state index contributed by atoms with van der Waals surface area (Å²) in [6.07, 6.45) is 4.64. The van der Waals surface area contributed by atoms with E-state index in [0.717, 1.165) is 48.9 Å². The number of aryl methyl sites for hydroxylation is 2. The Hall–Kier alpha value is -0.910. The zero-order valence-electron chi connectivity index (χ0n) is 13.3. The quantitative estimate of drug-likeness (QED) is 0.925. The zero-order valence-corrected chi connectivity index (χ0v) is 13.3. The summed E-state index contributed by atoms with van der Waals surface area (Å²) in [5, 5.41) is 7.41. The van der Waals surface area contributed by atoms with Crippen molar-refractivity contribution in [1.29, 1.82) is 0 Å². The van der Waals surface area contributed by atoms with Crippen molar-refractivity contribution < 1.29 is 14.0 Å². The van der Waals surface area contributed by atoms with E-state index in [1.807, 2.05) is 13.8 Å². The van der Waals surface area contributed by atoms with Gasteiger partial charge in [-0.15, -0.1) is 0 Å². The summed E-state index contributed by atoms with van der Waals surface area (Å²) in [4.78, 5) is 0. The van der Waals surface area contributed by atoms with Crippen molar-refractivity contribution >= 4 is 0 Å². The maximum atomic E-state index is 6.19. The molecule has 1 spiro atoms. The Kier molecular flexibility index (Phi) is 4.33. The average Bonchev–Trinajstić information content (AvgIpc) is 3.01. The van der Waals surface area contributed by atoms with Gasteiger partial charge in [0.1, 0.15) is 5.76 Å². The van der Waals surface area contributed by atoms with Crippen LogP contribution in [0.5, 0.6) is 0 Å². The first-order valence-electron chi connectivity index (χ1n) is 8.02. The van der Waals surface area contributed by atoms with E-state index in [2.05, 4.69) is 17.4 Å². The van der Waals surface area contributed by atoms with Gasteiger partial charge in [-0.05, 0) is 32.6 Å². The Morgan fingerprint density at radius 1 is 1.29 bits per heavy atom. The van der Waals surface area contributed by atoms with Gasteiger partial charge in [0.25, 0.3) is 0 Å². The number of nitrogens with one attached hydrogen (secondary N) is 1. The van der Waals surface area contributed by atoms with Crippen molar-refractivity contribution in [2.45, 2.75) is 64.9 Å². The number of hydrogen-bond donors (Lipinski definition) is 1. The van der Waals surface area contributed by atoms with Crippen LogP contribution in [0.3, 0.4) is 0 Å². The Morgan fingerprint density at radius 3 is 2.71 bits per heavy atom. The van der Waals surface area contributed by atoms with Crippen LogP contribution in [0.25, 0.3) is 0 Å². The highest BCUT2D eigenvalue weighted by atomic mass is 16.7. The molecule has 1 saturated carbocycles. The molecule has 5 heteroatoms. The van der Waals surface area contributed by atoms with Gasteiger partial charge < -0.3 is 19.3 Å². The molecule has 1 aromatic rings. The van der Waals surface area contributed by atoms with E-state index in [0.29, 0.717) is 6.61 Å². The monoisotopic (exact) mass is 294 g/mol. The van der Waals surface area contributed by atoms with Gasteiger partial charge in [0.15, 0.2) is 5.79 Å². The summed E-state index contributed by atoms with van der Waals surface area (Å²) in [6, 6.07) is 0. The molecule has 1 aromatic heterocycles. The molecule has 1 aliphatic heterocycles. The molecule has 2 heterocycles. The van der Waals surface area contributed by atoms with Crippen LogP contribution in [-0.4, -0.2) is 30.2 Å². The summed E-state index contributed by atoms with van der Waals surface area (Å²) in [5.74, 6) is 1.41. The van der Waals surface area contributed by atoms with Crippen molar-refractivity contribution in [2.24, 2.45) is 5.92 Å². The van der Waals surface area contributed by atoms with Crippen LogP contribution in [0.4, 0.5) is 0 Å². The number of ether oxygens (including phenoxy) is 2. The van der Waals surface area contributed by atoms with Crippen LogP contribution in [0.2, 0.25) is 0 Å². The number of rotatable bonds is 4. The summed E-state index contributed by atoms with van der Waals surface area (Å²) in [6.45, 7) is 8.51. The van der Waals surface area contributed by atoms with E-state index in [1.165, 1.54) is 12.8 Å². The molecule has 1 aliphatic carbocycles. The minimum absolute atomic E-state index is 0.152. The third kappa shape index (κ3) is 3.30. The lowest BCUT2D eigenvalue weighted by Gasteiger charge is -2.34. The number of hydrogen-bond acceptors (Lipinski definition) is 5. The van der Waals surface area contributed by atoms with Gasteiger partial charge in [0.2, 0.25) is 0 Å². The molecule has 118 valence electrons. The summed E-state index contributed by atoms with van der Waals surface area (Å²) in [7, 11) is 0. The lowest BCUT2D eigenvalue weighted by molar-refractivity contribution is -0.191. The van der Waals surface area contributed by atoms with E-state index in [1.54, 1.807) is 0 Å². The highest BCUT2D eigenvalue weighted by molar-refractivity contribution is 5.20. The molecule has 0 bridgehead atoms. The van der Waals surface area contributed by atoms with Crippen LogP contribution < -0.4 is 5.32 Å². The third-order valence-electron chi connectivity index (χ3n) is 4.80. The predicted octanol–water partition coefficient (Wildman–Crippen LogP) is 2.70. The molecule has 1 unspecified atom stereocenters. The molecule has 21 heavy (non-hydrogen) atoms. The van der Waals surface area contributed by atoms with Gasteiger partial charge in [-0.2, -0.15) is 0 Å². The molecule has 2 aliphatic rings. The topological polar surface area (TPSA) is 56.5 Å². The summed E-state index contributed by atoms with van der Waals surface area (Å²) >= 11 is 0. The lowest BCUT2D eigenvalue weighted by atomic mass is 9.86. The van der Waals surface area contributed by atoms with Gasteiger partial charge in [0, 0.05) is 31.5 Å². The van der Waals surface area contributed by atoms with E-state index in [4.69, 9.17) is 14.0 Å². The highest BCUT2D eigenvalue weighted by Crippen LogP contribution is 2.39. The largest absolute Gasteiger partial charge is 0.361 e. The first kappa shape index (κ1) is 15.0. The van der Waals surface area contributed by atoms with Gasteiger partial charge in [0.05, 0.1) is 18.4 Å². The molecule has 0 radical (unpaired) electrons. The number of nitrogens with zero attached hydrogens (tertiary/aromatic N) is 1. The van der Waals surface area contributed by atoms with E-state index in [-0.39, 0.29) is 11.9 Å². The Morgan fingerprint density at radius 2 is 2.05 bits per heavy atom. The fourth-order valence-corrected chi connectivity index (χ4v) is 3.29. The first-order valence-corrected chi connectivity index (χ1v) is 8.02. The van der Waals surface area contributed by atoms with Crippen molar-refractivity contribution in [3.05, 3.63) is 17.0 Å². The van der Waals surface area contributed by atoms with Gasteiger partial charge in [-0.25, -0.2) is 0 Å². The Balaban J connectivity index is 1.45. The SMILES string of the molecule is Cc1noc(C)c1CNCC1COC2(CCC(C)CC2)O1. The van der Waals surface area contributed by atoms with E-state index >= 15 is 0 Å². The third-order valence-corrected chi connectivity index (χ3v) is 4.80. The van der Waals surface area contributed by atoms with Gasteiger partial charge in [-0.3, -0.25) is 0 Å². The number of aromatic nitrogens is 1. The fourth-order valence-electron chi connectivity index (χ4n) is 3.29. The second-order valence-corrected chi connectivity index (χ2v) is 6.58. The second-order valence-electron chi connectivity index (χ2n) is 6.58. The molecule has 1 saturated heterocycles. The van der Waals surface area contributed by atoms with Gasteiger partial charge >= 0.3 is 0 Å². The molecule has 1 atom stereocenters. The minimum Gasteiger partial charge on any atom is -0.361 e. The van der Waals surface area contributed by atoms with E-state index < -0.39 is 0 Å². The molecule has 0 amide bonds. The van der Waals surface area contributed by atoms with Crippen LogP contribution in [0.15, 0.2) is 4.52 Å². The normalized spacial score (nSPS) is 32.9. The van der Waals surface area contributed by atoms with Gasteiger partial charge in [-0.1, -0.05) is 12.1 Å². The maximum absolute atomic E-state index is 6.19.